The molecule has 0 spiro atoms. The topological polar surface area (TPSA) is 84.2 Å². The minimum absolute atomic E-state index is 0.125. The predicted molar refractivity (Wildman–Crippen MR) is 85.5 cm³/mol. The van der Waals surface area contributed by atoms with Crippen molar-refractivity contribution in [3.05, 3.63) is 41.0 Å². The van der Waals surface area contributed by atoms with Crippen LogP contribution in [0, 0.1) is 0 Å². The van der Waals surface area contributed by atoms with Crippen LogP contribution in [0.15, 0.2) is 24.3 Å². The third-order valence-corrected chi connectivity index (χ3v) is 4.44. The van der Waals surface area contributed by atoms with E-state index in [1.165, 1.54) is 12.0 Å². The first kappa shape index (κ1) is 14.6. The molecule has 0 unspecified atom stereocenters. The van der Waals surface area contributed by atoms with Crippen molar-refractivity contribution in [2.24, 2.45) is 5.73 Å². The Labute approximate surface area is 130 Å². The van der Waals surface area contributed by atoms with E-state index in [1.807, 2.05) is 12.1 Å². The van der Waals surface area contributed by atoms with Gasteiger partial charge in [-0.25, -0.2) is 4.79 Å². The van der Waals surface area contributed by atoms with Gasteiger partial charge >= 0.3 is 6.03 Å². The van der Waals surface area contributed by atoms with Crippen LogP contribution in [-0.4, -0.2) is 25.0 Å². The van der Waals surface area contributed by atoms with Crippen molar-refractivity contribution in [2.45, 2.75) is 31.6 Å². The van der Waals surface area contributed by atoms with Gasteiger partial charge in [-0.05, 0) is 48.4 Å². The maximum atomic E-state index is 11.7. The molecule has 22 heavy (non-hydrogen) atoms. The molecule has 0 atom stereocenters. The van der Waals surface area contributed by atoms with Crippen LogP contribution in [-0.2, 0) is 0 Å². The summed E-state index contributed by atoms with van der Waals surface area (Å²) in [6.45, 7) is 1.22. The molecule has 1 aromatic rings. The molecule has 5 heteroatoms. The van der Waals surface area contributed by atoms with Crippen molar-refractivity contribution in [1.82, 2.24) is 10.6 Å². The van der Waals surface area contributed by atoms with Gasteiger partial charge in [-0.3, -0.25) is 4.79 Å². The second-order valence-corrected chi connectivity index (χ2v) is 5.93. The largest absolute Gasteiger partial charge is 0.366 e. The van der Waals surface area contributed by atoms with Crippen LogP contribution in [0.5, 0.6) is 0 Å². The molecular formula is C17H21N3O2. The molecule has 3 amide bonds. The number of rotatable bonds is 3. The molecule has 1 aromatic carbocycles. The van der Waals surface area contributed by atoms with E-state index in [1.54, 1.807) is 0 Å². The molecule has 2 aliphatic rings. The fourth-order valence-electron chi connectivity index (χ4n) is 3.18. The maximum absolute atomic E-state index is 11.7. The highest BCUT2D eigenvalue weighted by atomic mass is 16.2. The van der Waals surface area contributed by atoms with Crippen molar-refractivity contribution >= 4 is 17.5 Å². The fraction of sp³-hybridized carbons (Fsp3) is 0.412. The zero-order valence-electron chi connectivity index (χ0n) is 12.5. The number of amides is 3. The molecule has 1 heterocycles. The van der Waals surface area contributed by atoms with Gasteiger partial charge in [0.15, 0.2) is 0 Å². The summed E-state index contributed by atoms with van der Waals surface area (Å²) in [5.74, 6) is -0.175. The Bertz CT molecular complexity index is 627. The normalized spacial score (nSPS) is 19.1. The van der Waals surface area contributed by atoms with Gasteiger partial charge in [-0.2, -0.15) is 0 Å². The van der Waals surface area contributed by atoms with Gasteiger partial charge in [0.2, 0.25) is 5.91 Å². The third kappa shape index (κ3) is 2.98. The summed E-state index contributed by atoms with van der Waals surface area (Å²) in [5.41, 5.74) is 9.42. The van der Waals surface area contributed by atoms with Crippen molar-refractivity contribution in [2.75, 3.05) is 13.1 Å². The SMILES string of the molecule is NC(=O)c1ccc(C2CNC(=O)NC2)cc1C1=CCCCC1. The fourth-order valence-corrected chi connectivity index (χ4v) is 3.18. The zero-order valence-corrected chi connectivity index (χ0v) is 12.5. The molecule has 1 saturated heterocycles. The molecule has 116 valence electrons. The van der Waals surface area contributed by atoms with Gasteiger partial charge in [0, 0.05) is 24.6 Å². The molecule has 1 aliphatic heterocycles. The second-order valence-electron chi connectivity index (χ2n) is 5.93. The Morgan fingerprint density at radius 1 is 1.18 bits per heavy atom. The summed E-state index contributed by atoms with van der Waals surface area (Å²) in [6.07, 6.45) is 6.61. The number of hydrogen-bond acceptors (Lipinski definition) is 2. The highest BCUT2D eigenvalue weighted by Crippen LogP contribution is 2.31. The molecule has 0 bridgehead atoms. The summed E-state index contributed by atoms with van der Waals surface area (Å²) in [7, 11) is 0. The molecule has 0 saturated carbocycles. The van der Waals surface area contributed by atoms with E-state index in [9.17, 15) is 9.59 Å². The number of carbonyl (C=O) groups is 2. The lowest BCUT2D eigenvalue weighted by Crippen LogP contribution is -2.47. The smallest absolute Gasteiger partial charge is 0.314 e. The van der Waals surface area contributed by atoms with Crippen molar-refractivity contribution < 1.29 is 9.59 Å². The van der Waals surface area contributed by atoms with E-state index in [0.29, 0.717) is 18.7 Å². The summed E-state index contributed by atoms with van der Waals surface area (Å²) < 4.78 is 0. The molecule has 5 nitrogen and oxygen atoms in total. The molecule has 1 aliphatic carbocycles. The minimum Gasteiger partial charge on any atom is -0.366 e. The lowest BCUT2D eigenvalue weighted by atomic mass is 9.87. The first-order chi connectivity index (χ1) is 10.6. The van der Waals surface area contributed by atoms with Crippen LogP contribution < -0.4 is 16.4 Å². The number of hydrogen-bond donors (Lipinski definition) is 3. The number of primary amides is 1. The summed E-state index contributed by atoms with van der Waals surface area (Å²) >= 11 is 0. The number of benzene rings is 1. The van der Waals surface area contributed by atoms with E-state index in [0.717, 1.165) is 30.4 Å². The molecule has 0 aromatic heterocycles. The average molecular weight is 299 g/mol. The third-order valence-electron chi connectivity index (χ3n) is 4.44. The maximum Gasteiger partial charge on any atom is 0.314 e. The lowest BCUT2D eigenvalue weighted by molar-refractivity contribution is 0.1000. The molecule has 3 rings (SSSR count). The summed E-state index contributed by atoms with van der Waals surface area (Å²) in [5, 5.41) is 5.62. The van der Waals surface area contributed by atoms with E-state index in [-0.39, 0.29) is 17.9 Å². The standard InChI is InChI=1S/C17H21N3O2/c18-16(21)14-7-6-12(13-9-19-17(22)20-10-13)8-15(14)11-4-2-1-3-5-11/h4,6-8,13H,1-3,5,9-10H2,(H2,18,21)(H2,19,20,22). The number of nitrogens with one attached hydrogen (secondary N) is 2. The minimum atomic E-state index is -0.386. The molecule has 0 radical (unpaired) electrons. The van der Waals surface area contributed by atoms with Gasteiger partial charge < -0.3 is 16.4 Å². The number of nitrogens with two attached hydrogens (primary N) is 1. The van der Waals surface area contributed by atoms with Gasteiger partial charge in [0.1, 0.15) is 0 Å². The lowest BCUT2D eigenvalue weighted by Gasteiger charge is -2.25. The van der Waals surface area contributed by atoms with Crippen molar-refractivity contribution in [1.29, 1.82) is 0 Å². The summed E-state index contributed by atoms with van der Waals surface area (Å²) in [6, 6.07) is 5.71. The second kappa shape index (κ2) is 6.22. The van der Waals surface area contributed by atoms with E-state index in [2.05, 4.69) is 22.8 Å². The van der Waals surface area contributed by atoms with Gasteiger partial charge in [0.25, 0.3) is 0 Å². The Balaban J connectivity index is 1.94. The van der Waals surface area contributed by atoms with E-state index >= 15 is 0 Å². The Morgan fingerprint density at radius 3 is 2.59 bits per heavy atom. The molecule has 4 N–H and O–H groups in total. The van der Waals surface area contributed by atoms with Crippen LogP contribution in [0.25, 0.3) is 5.57 Å². The van der Waals surface area contributed by atoms with Crippen molar-refractivity contribution in [3.63, 3.8) is 0 Å². The van der Waals surface area contributed by atoms with Gasteiger partial charge in [-0.15, -0.1) is 0 Å². The predicted octanol–water partition coefficient (Wildman–Crippen LogP) is 2.14. The highest BCUT2D eigenvalue weighted by molar-refractivity contribution is 5.98. The number of allylic oxidation sites excluding steroid dienone is 2. The van der Waals surface area contributed by atoms with Gasteiger partial charge in [0.05, 0.1) is 0 Å². The zero-order chi connectivity index (χ0) is 15.5. The van der Waals surface area contributed by atoms with Crippen LogP contribution >= 0.6 is 0 Å². The Kier molecular flexibility index (Phi) is 4.13. The first-order valence-corrected chi connectivity index (χ1v) is 7.80. The Hall–Kier alpha value is -2.30. The number of carbonyl (C=O) groups excluding carboxylic acids is 2. The average Bonchev–Trinajstić information content (AvgIpc) is 2.56. The quantitative estimate of drug-likeness (QED) is 0.799. The van der Waals surface area contributed by atoms with E-state index < -0.39 is 0 Å². The Morgan fingerprint density at radius 2 is 1.95 bits per heavy atom. The van der Waals surface area contributed by atoms with Gasteiger partial charge in [-0.1, -0.05) is 18.2 Å². The highest BCUT2D eigenvalue weighted by Gasteiger charge is 2.21. The first-order valence-electron chi connectivity index (χ1n) is 7.80. The number of urea groups is 1. The van der Waals surface area contributed by atoms with Crippen LogP contribution in [0.1, 0.15) is 53.1 Å². The van der Waals surface area contributed by atoms with E-state index in [4.69, 9.17) is 5.73 Å². The molecular weight excluding hydrogens is 278 g/mol. The molecule has 1 fully saturated rings. The monoisotopic (exact) mass is 299 g/mol. The van der Waals surface area contributed by atoms with Crippen LogP contribution in [0.2, 0.25) is 0 Å². The summed E-state index contributed by atoms with van der Waals surface area (Å²) in [4.78, 5) is 22.9. The van der Waals surface area contributed by atoms with Crippen LogP contribution in [0.4, 0.5) is 4.79 Å². The van der Waals surface area contributed by atoms with Crippen molar-refractivity contribution in [3.8, 4) is 0 Å². The van der Waals surface area contributed by atoms with Crippen LogP contribution in [0.3, 0.4) is 0 Å².